The molecule has 2 aliphatic carbocycles. The lowest BCUT2D eigenvalue weighted by Crippen LogP contribution is -2.17. The van der Waals surface area contributed by atoms with E-state index >= 15 is 0 Å². The molecular formula is C45H36N2. The summed E-state index contributed by atoms with van der Waals surface area (Å²) in [6.45, 7) is 4.76. The van der Waals surface area contributed by atoms with Gasteiger partial charge in [0, 0.05) is 38.9 Å². The quantitative estimate of drug-likeness (QED) is 0.190. The van der Waals surface area contributed by atoms with Gasteiger partial charge in [0.1, 0.15) is 0 Å². The van der Waals surface area contributed by atoms with Gasteiger partial charge in [0.05, 0.1) is 11.0 Å². The first-order valence-corrected chi connectivity index (χ1v) is 16.7. The fraction of sp³-hybridized carbons (Fsp3) is 0.111. The van der Waals surface area contributed by atoms with Crippen LogP contribution < -0.4 is 4.90 Å². The summed E-state index contributed by atoms with van der Waals surface area (Å²) in [7, 11) is 0. The minimum atomic E-state index is -0.164. The van der Waals surface area contributed by atoms with Crippen molar-refractivity contribution in [3.8, 4) is 16.8 Å². The average molecular weight is 605 g/mol. The number of hydrogen-bond donors (Lipinski definition) is 0. The van der Waals surface area contributed by atoms with Crippen molar-refractivity contribution in [3.63, 3.8) is 0 Å². The van der Waals surface area contributed by atoms with Crippen molar-refractivity contribution < 1.29 is 0 Å². The molecule has 226 valence electrons. The topological polar surface area (TPSA) is 8.17 Å². The SMILES string of the molecule is CC1(C)c2cc(N(c3ccccc3)c3ccc(C4=CC=CCC4)cc3)ccc2-c2ccc(-n3c4ccccc4c4ccccc43)cc21. The smallest absolute Gasteiger partial charge is 0.0541 e. The highest BCUT2D eigenvalue weighted by molar-refractivity contribution is 6.09. The number of nitrogens with zero attached hydrogens (tertiary/aromatic N) is 2. The molecule has 0 spiro atoms. The largest absolute Gasteiger partial charge is 0.310 e. The van der Waals surface area contributed by atoms with Crippen LogP contribution in [-0.4, -0.2) is 4.57 Å². The summed E-state index contributed by atoms with van der Waals surface area (Å²) in [6, 6.07) is 51.5. The predicted octanol–water partition coefficient (Wildman–Crippen LogP) is 12.3. The van der Waals surface area contributed by atoms with Crippen LogP contribution in [0, 0.1) is 0 Å². The van der Waals surface area contributed by atoms with Gasteiger partial charge in [-0.05, 0) is 107 Å². The summed E-state index contributed by atoms with van der Waals surface area (Å²) in [5, 5.41) is 2.58. The Balaban J connectivity index is 1.15. The zero-order chi connectivity index (χ0) is 31.5. The van der Waals surface area contributed by atoms with Crippen LogP contribution in [0.5, 0.6) is 0 Å². The third-order valence-corrected chi connectivity index (χ3v) is 10.3. The molecule has 0 amide bonds. The van der Waals surface area contributed by atoms with Crippen LogP contribution in [0.25, 0.3) is 44.2 Å². The lowest BCUT2D eigenvalue weighted by Gasteiger charge is -2.28. The average Bonchev–Trinajstić information content (AvgIpc) is 3.58. The van der Waals surface area contributed by atoms with Gasteiger partial charge in [-0.2, -0.15) is 0 Å². The Kier molecular flexibility index (Phi) is 6.33. The van der Waals surface area contributed by atoms with Crippen molar-refractivity contribution in [2.75, 3.05) is 4.90 Å². The van der Waals surface area contributed by atoms with Crippen LogP contribution in [0.2, 0.25) is 0 Å². The molecule has 0 bridgehead atoms. The lowest BCUT2D eigenvalue weighted by molar-refractivity contribution is 0.660. The fourth-order valence-corrected chi connectivity index (χ4v) is 7.88. The minimum absolute atomic E-state index is 0.164. The number of para-hydroxylation sites is 3. The van der Waals surface area contributed by atoms with Gasteiger partial charge in [-0.25, -0.2) is 0 Å². The monoisotopic (exact) mass is 604 g/mol. The zero-order valence-electron chi connectivity index (χ0n) is 26.8. The summed E-state index contributed by atoms with van der Waals surface area (Å²) >= 11 is 0. The summed E-state index contributed by atoms with van der Waals surface area (Å²) in [6.07, 6.45) is 8.88. The van der Waals surface area contributed by atoms with Crippen LogP contribution >= 0.6 is 0 Å². The molecule has 0 unspecified atom stereocenters. The van der Waals surface area contributed by atoms with Crippen LogP contribution in [0.3, 0.4) is 0 Å². The highest BCUT2D eigenvalue weighted by Crippen LogP contribution is 2.51. The molecule has 0 saturated carbocycles. The number of hydrogen-bond acceptors (Lipinski definition) is 1. The Morgan fingerprint density at radius 3 is 1.85 bits per heavy atom. The Morgan fingerprint density at radius 2 is 1.17 bits per heavy atom. The van der Waals surface area contributed by atoms with Crippen LogP contribution in [0.15, 0.2) is 158 Å². The molecular weight excluding hydrogens is 569 g/mol. The molecule has 0 N–H and O–H groups in total. The number of allylic oxidation sites excluding steroid dienone is 4. The van der Waals surface area contributed by atoms with Gasteiger partial charge < -0.3 is 9.47 Å². The first kappa shape index (κ1) is 27.7. The Bertz CT molecular complexity index is 2310. The maximum absolute atomic E-state index is 2.43. The van der Waals surface area contributed by atoms with Gasteiger partial charge in [-0.3, -0.25) is 0 Å². The molecule has 1 aromatic heterocycles. The zero-order valence-corrected chi connectivity index (χ0v) is 26.8. The fourth-order valence-electron chi connectivity index (χ4n) is 7.88. The number of rotatable bonds is 5. The van der Waals surface area contributed by atoms with Crippen molar-refractivity contribution in [1.29, 1.82) is 0 Å². The predicted molar refractivity (Wildman–Crippen MR) is 199 cm³/mol. The molecule has 0 fully saturated rings. The lowest BCUT2D eigenvalue weighted by atomic mass is 9.82. The van der Waals surface area contributed by atoms with Gasteiger partial charge in [0.25, 0.3) is 0 Å². The second kappa shape index (κ2) is 10.7. The molecule has 2 nitrogen and oxygen atoms in total. The third kappa shape index (κ3) is 4.40. The van der Waals surface area contributed by atoms with Crippen molar-refractivity contribution in [2.24, 2.45) is 0 Å². The Hall–Kier alpha value is -5.60. The van der Waals surface area contributed by atoms with Crippen LogP contribution in [0.4, 0.5) is 17.1 Å². The number of aromatic nitrogens is 1. The van der Waals surface area contributed by atoms with E-state index in [4.69, 9.17) is 0 Å². The number of benzene rings is 6. The molecule has 7 aromatic rings. The molecule has 47 heavy (non-hydrogen) atoms. The molecule has 9 rings (SSSR count). The van der Waals surface area contributed by atoms with E-state index in [2.05, 4.69) is 181 Å². The molecule has 2 aliphatic rings. The van der Waals surface area contributed by atoms with Crippen molar-refractivity contribution in [2.45, 2.75) is 32.1 Å². The van der Waals surface area contributed by atoms with Gasteiger partial charge >= 0.3 is 0 Å². The standard InChI is InChI=1S/C45H36N2/c1-45(2)41-29-35(46(33-15-7-4-8-16-33)34-23-21-32(22-24-34)31-13-5-3-6-14-31)25-27-37(41)38-28-26-36(30-42(38)45)47-43-19-11-9-17-39(43)40-18-10-12-20-44(40)47/h3-5,7-13,15-30H,6,14H2,1-2H3. The van der Waals surface area contributed by atoms with Gasteiger partial charge in [-0.1, -0.05) is 111 Å². The van der Waals surface area contributed by atoms with Gasteiger partial charge in [0.2, 0.25) is 0 Å². The van der Waals surface area contributed by atoms with Crippen molar-refractivity contribution in [3.05, 3.63) is 174 Å². The number of fused-ring (bicyclic) bond motifs is 6. The van der Waals surface area contributed by atoms with E-state index in [9.17, 15) is 0 Å². The van der Waals surface area contributed by atoms with Crippen molar-refractivity contribution in [1.82, 2.24) is 4.57 Å². The second-order valence-electron chi connectivity index (χ2n) is 13.3. The van der Waals surface area contributed by atoms with E-state index in [1.165, 1.54) is 66.6 Å². The summed E-state index contributed by atoms with van der Waals surface area (Å²) < 4.78 is 2.43. The Labute approximate surface area is 276 Å². The molecule has 6 aromatic carbocycles. The minimum Gasteiger partial charge on any atom is -0.310 e. The molecule has 1 heterocycles. The highest BCUT2D eigenvalue weighted by Gasteiger charge is 2.36. The van der Waals surface area contributed by atoms with Crippen molar-refractivity contribution >= 4 is 44.4 Å². The first-order valence-electron chi connectivity index (χ1n) is 16.7. The molecule has 0 atom stereocenters. The summed E-state index contributed by atoms with van der Waals surface area (Å²) in [5.41, 5.74) is 15.1. The molecule has 0 aliphatic heterocycles. The third-order valence-electron chi connectivity index (χ3n) is 10.3. The number of anilines is 3. The van der Waals surface area contributed by atoms with E-state index < -0.39 is 0 Å². The maximum Gasteiger partial charge on any atom is 0.0541 e. The Morgan fingerprint density at radius 1 is 0.574 bits per heavy atom. The van der Waals surface area contributed by atoms with E-state index in [1.54, 1.807) is 0 Å². The molecule has 0 saturated heterocycles. The molecule has 2 heteroatoms. The van der Waals surface area contributed by atoms with Gasteiger partial charge in [0.15, 0.2) is 0 Å². The molecule has 0 radical (unpaired) electrons. The van der Waals surface area contributed by atoms with Crippen LogP contribution in [0.1, 0.15) is 43.4 Å². The van der Waals surface area contributed by atoms with Gasteiger partial charge in [-0.15, -0.1) is 0 Å². The summed E-state index contributed by atoms with van der Waals surface area (Å²) in [4.78, 5) is 2.39. The van der Waals surface area contributed by atoms with E-state index in [0.717, 1.165) is 24.2 Å². The normalized spacial score (nSPS) is 14.6. The highest BCUT2D eigenvalue weighted by atomic mass is 15.1. The van der Waals surface area contributed by atoms with E-state index in [-0.39, 0.29) is 5.41 Å². The van der Waals surface area contributed by atoms with E-state index in [0.29, 0.717) is 0 Å². The summed E-state index contributed by atoms with van der Waals surface area (Å²) in [5.74, 6) is 0. The van der Waals surface area contributed by atoms with Crippen LogP contribution in [-0.2, 0) is 5.41 Å². The maximum atomic E-state index is 2.43. The second-order valence-corrected chi connectivity index (χ2v) is 13.3. The first-order chi connectivity index (χ1) is 23.1. The van der Waals surface area contributed by atoms with E-state index in [1.807, 2.05) is 0 Å².